The van der Waals surface area contributed by atoms with E-state index in [0.717, 1.165) is 27.7 Å². The zero-order chi connectivity index (χ0) is 31.2. The van der Waals surface area contributed by atoms with Crippen LogP contribution in [0.15, 0.2) is 42.7 Å². The number of benzene rings is 2. The molecule has 0 saturated heterocycles. The number of H-pyrrole nitrogens is 2. The molecule has 0 aliphatic carbocycles. The third kappa shape index (κ3) is 9.75. The van der Waals surface area contributed by atoms with Crippen LogP contribution >= 0.6 is 0 Å². The number of carbonyl (C=O) groups is 1. The molecule has 230 valence electrons. The summed E-state index contributed by atoms with van der Waals surface area (Å²) in [6.45, 7) is 7.84. The van der Waals surface area contributed by atoms with Crippen molar-refractivity contribution in [2.45, 2.75) is 59.4 Å². The lowest BCUT2D eigenvalue weighted by atomic mass is 10.0. The lowest BCUT2D eigenvalue weighted by Gasteiger charge is -2.14. The molecule has 2 aromatic carbocycles. The zero-order valence-corrected chi connectivity index (χ0v) is 24.5. The number of ether oxygens (including phenoxy) is 1. The molecule has 2 heterocycles. The standard InChI is InChI=1S/C28H31F3N8O2.C2H6/c1-2-4-19-11-18(5-6-26(19)41-28(29,30)31)15-33-10-7-27(40)35-9-3-8-34-23-12-20(13-24-22(23)17-37-38-24)21-16-36-39-25(21)14-32;1-2/h5-6,11-13,16-17,33-34H,2-4,7-10,15H2,1H3,(H,35,40)(H,36,39)(H,37,38);1-2H3. The molecule has 0 saturated carbocycles. The number of hydrogen-bond acceptors (Lipinski definition) is 7. The Labute approximate surface area is 248 Å². The Morgan fingerprint density at radius 2 is 1.86 bits per heavy atom. The molecule has 4 rings (SSSR count). The highest BCUT2D eigenvalue weighted by Crippen LogP contribution is 2.31. The number of rotatable bonds is 14. The number of carbonyl (C=O) groups excluding carboxylic acids is 1. The molecule has 0 unspecified atom stereocenters. The molecule has 0 bridgehead atoms. The number of halogens is 3. The molecule has 0 aliphatic rings. The fraction of sp³-hybridized carbons (Fsp3) is 0.400. The van der Waals surface area contributed by atoms with Gasteiger partial charge in [-0.25, -0.2) is 0 Å². The minimum absolute atomic E-state index is 0.0960. The summed E-state index contributed by atoms with van der Waals surface area (Å²) in [5.74, 6) is -0.272. The number of nitrogens with zero attached hydrogens (tertiary/aromatic N) is 3. The van der Waals surface area contributed by atoms with Gasteiger partial charge in [0.2, 0.25) is 5.91 Å². The van der Waals surface area contributed by atoms with Gasteiger partial charge in [-0.15, -0.1) is 13.2 Å². The topological polar surface area (TPSA) is 144 Å². The first-order valence-corrected chi connectivity index (χ1v) is 14.3. The highest BCUT2D eigenvalue weighted by Gasteiger charge is 2.32. The highest BCUT2D eigenvalue weighted by molar-refractivity contribution is 5.95. The van der Waals surface area contributed by atoms with Crippen molar-refractivity contribution in [1.82, 2.24) is 31.0 Å². The van der Waals surface area contributed by atoms with Gasteiger partial charge in [-0.1, -0.05) is 39.3 Å². The van der Waals surface area contributed by atoms with Crippen LogP contribution < -0.4 is 20.7 Å². The molecule has 5 N–H and O–H groups in total. The second-order valence-electron chi connectivity index (χ2n) is 9.42. The van der Waals surface area contributed by atoms with Gasteiger partial charge in [0.15, 0.2) is 0 Å². The van der Waals surface area contributed by atoms with E-state index in [1.165, 1.54) is 6.07 Å². The van der Waals surface area contributed by atoms with Crippen LogP contribution in [-0.2, 0) is 17.8 Å². The van der Waals surface area contributed by atoms with Crippen LogP contribution in [0.2, 0.25) is 0 Å². The molecule has 0 atom stereocenters. The van der Waals surface area contributed by atoms with E-state index < -0.39 is 6.36 Å². The first-order chi connectivity index (χ1) is 20.8. The van der Waals surface area contributed by atoms with Crippen LogP contribution in [0.3, 0.4) is 0 Å². The minimum Gasteiger partial charge on any atom is -0.406 e. The summed E-state index contributed by atoms with van der Waals surface area (Å²) in [6, 6.07) is 10.6. The lowest BCUT2D eigenvalue weighted by molar-refractivity contribution is -0.274. The number of aromatic nitrogens is 4. The number of hydrogen-bond donors (Lipinski definition) is 5. The van der Waals surface area contributed by atoms with Crippen LogP contribution in [0.5, 0.6) is 5.75 Å². The average Bonchev–Trinajstić information content (AvgIpc) is 3.66. The third-order valence-electron chi connectivity index (χ3n) is 6.34. The Morgan fingerprint density at radius 1 is 1.07 bits per heavy atom. The molecule has 13 heteroatoms. The number of anilines is 1. The summed E-state index contributed by atoms with van der Waals surface area (Å²) < 4.78 is 42.0. The van der Waals surface area contributed by atoms with Gasteiger partial charge in [0.1, 0.15) is 17.5 Å². The maximum absolute atomic E-state index is 12.6. The van der Waals surface area contributed by atoms with Gasteiger partial charge in [0, 0.05) is 49.2 Å². The van der Waals surface area contributed by atoms with Crippen molar-refractivity contribution >= 4 is 22.5 Å². The third-order valence-corrected chi connectivity index (χ3v) is 6.34. The molecular formula is C30H37F3N8O2. The lowest BCUT2D eigenvalue weighted by Crippen LogP contribution is -2.29. The summed E-state index contributed by atoms with van der Waals surface area (Å²) in [6.07, 6.45) is 0.728. The number of fused-ring (bicyclic) bond motifs is 1. The Kier molecular flexibility index (Phi) is 12.4. The van der Waals surface area contributed by atoms with Gasteiger partial charge in [0.05, 0.1) is 17.9 Å². The van der Waals surface area contributed by atoms with E-state index in [0.29, 0.717) is 62.3 Å². The Bertz CT molecular complexity index is 1510. The molecule has 0 spiro atoms. The Morgan fingerprint density at radius 3 is 2.60 bits per heavy atom. The molecular weight excluding hydrogens is 561 g/mol. The van der Waals surface area contributed by atoms with Gasteiger partial charge >= 0.3 is 6.36 Å². The molecule has 4 aromatic rings. The van der Waals surface area contributed by atoms with E-state index in [2.05, 4.69) is 47.2 Å². The van der Waals surface area contributed by atoms with E-state index in [1.54, 1.807) is 24.5 Å². The maximum atomic E-state index is 12.6. The molecule has 2 aromatic heterocycles. The number of nitrogens with one attached hydrogen (secondary N) is 5. The zero-order valence-electron chi connectivity index (χ0n) is 24.5. The van der Waals surface area contributed by atoms with Gasteiger partial charge in [-0.3, -0.25) is 15.0 Å². The normalized spacial score (nSPS) is 11.0. The number of aromatic amines is 2. The van der Waals surface area contributed by atoms with Crippen molar-refractivity contribution in [3.63, 3.8) is 0 Å². The molecule has 1 amide bonds. The highest BCUT2D eigenvalue weighted by atomic mass is 19.4. The first kappa shape index (κ1) is 32.9. The van der Waals surface area contributed by atoms with Crippen LogP contribution in [0, 0.1) is 11.3 Å². The number of alkyl halides is 3. The molecule has 0 fully saturated rings. The van der Waals surface area contributed by atoms with Crippen molar-refractivity contribution in [2.24, 2.45) is 0 Å². The van der Waals surface area contributed by atoms with Crippen LogP contribution in [-0.4, -0.2) is 52.3 Å². The summed E-state index contributed by atoms with van der Waals surface area (Å²) in [5.41, 5.74) is 4.90. The van der Waals surface area contributed by atoms with E-state index >= 15 is 0 Å². The van der Waals surface area contributed by atoms with E-state index in [1.807, 2.05) is 32.9 Å². The van der Waals surface area contributed by atoms with Gasteiger partial charge in [0.25, 0.3) is 0 Å². The molecule has 0 radical (unpaired) electrons. The quantitative estimate of drug-likeness (QED) is 0.115. The van der Waals surface area contributed by atoms with Crippen LogP contribution in [0.4, 0.5) is 18.9 Å². The maximum Gasteiger partial charge on any atom is 0.573 e. The number of nitriles is 1. The summed E-state index contributed by atoms with van der Waals surface area (Å²) in [4.78, 5) is 12.2. The molecule has 10 nitrogen and oxygen atoms in total. The fourth-order valence-corrected chi connectivity index (χ4v) is 4.44. The molecule has 43 heavy (non-hydrogen) atoms. The Hall–Kier alpha value is -4.57. The first-order valence-electron chi connectivity index (χ1n) is 14.3. The predicted octanol–water partition coefficient (Wildman–Crippen LogP) is 5.80. The van der Waals surface area contributed by atoms with E-state index in [4.69, 9.17) is 0 Å². The number of aryl methyl sites for hydroxylation is 1. The summed E-state index contributed by atoms with van der Waals surface area (Å²) in [7, 11) is 0. The minimum atomic E-state index is -4.73. The average molecular weight is 599 g/mol. The van der Waals surface area contributed by atoms with Crippen molar-refractivity contribution in [1.29, 1.82) is 5.26 Å². The largest absolute Gasteiger partial charge is 0.573 e. The fourth-order valence-electron chi connectivity index (χ4n) is 4.44. The van der Waals surface area contributed by atoms with E-state index in [9.17, 15) is 23.2 Å². The van der Waals surface area contributed by atoms with Gasteiger partial charge < -0.3 is 20.7 Å². The van der Waals surface area contributed by atoms with Crippen LogP contribution in [0.25, 0.3) is 22.0 Å². The second kappa shape index (κ2) is 16.2. The summed E-state index contributed by atoms with van der Waals surface area (Å²) in [5, 5.41) is 33.4. The van der Waals surface area contributed by atoms with Crippen molar-refractivity contribution in [3.8, 4) is 22.9 Å². The SMILES string of the molecule is CC.CCCc1cc(CNCCC(=O)NCCCNc2cc(-c3cn[nH]c3C#N)cc3[nH]ncc23)ccc1OC(F)(F)F. The van der Waals surface area contributed by atoms with Crippen molar-refractivity contribution in [2.75, 3.05) is 25.0 Å². The molecule has 0 aliphatic heterocycles. The van der Waals surface area contributed by atoms with Crippen molar-refractivity contribution in [3.05, 3.63) is 59.5 Å². The van der Waals surface area contributed by atoms with Gasteiger partial charge in [-0.05, 0) is 47.7 Å². The monoisotopic (exact) mass is 598 g/mol. The predicted molar refractivity (Wildman–Crippen MR) is 159 cm³/mol. The second-order valence-corrected chi connectivity index (χ2v) is 9.42. The smallest absolute Gasteiger partial charge is 0.406 e. The van der Waals surface area contributed by atoms with Crippen LogP contribution in [0.1, 0.15) is 56.9 Å². The Balaban J connectivity index is 0.00000248. The summed E-state index contributed by atoms with van der Waals surface area (Å²) >= 11 is 0. The van der Waals surface area contributed by atoms with Crippen molar-refractivity contribution < 1.29 is 22.7 Å². The van der Waals surface area contributed by atoms with E-state index in [-0.39, 0.29) is 18.1 Å². The van der Waals surface area contributed by atoms with Gasteiger partial charge in [-0.2, -0.15) is 15.5 Å². The number of amides is 1.